The van der Waals surface area contributed by atoms with E-state index in [2.05, 4.69) is 21.7 Å². The van der Waals surface area contributed by atoms with Crippen LogP contribution in [0.3, 0.4) is 0 Å². The smallest absolute Gasteiger partial charge is 0.251 e. The SMILES string of the molecule is CC(NC(=O)c1ccccc1)C(=O)Nc1ncc(Cc2ccc(C#N)cc2)s1. The molecule has 7 heteroatoms. The molecule has 0 saturated heterocycles. The Morgan fingerprint density at radius 2 is 1.86 bits per heavy atom. The van der Waals surface area contributed by atoms with E-state index in [9.17, 15) is 9.59 Å². The highest BCUT2D eigenvalue weighted by Crippen LogP contribution is 2.21. The lowest BCUT2D eigenvalue weighted by atomic mass is 10.1. The Balaban J connectivity index is 1.55. The summed E-state index contributed by atoms with van der Waals surface area (Å²) in [7, 11) is 0. The molecule has 0 radical (unpaired) electrons. The van der Waals surface area contributed by atoms with Crippen molar-refractivity contribution in [2.75, 3.05) is 5.32 Å². The van der Waals surface area contributed by atoms with Gasteiger partial charge < -0.3 is 10.6 Å². The second-order valence-corrected chi connectivity index (χ2v) is 7.28. The van der Waals surface area contributed by atoms with Crippen molar-refractivity contribution in [1.82, 2.24) is 10.3 Å². The van der Waals surface area contributed by atoms with E-state index in [0.29, 0.717) is 22.7 Å². The molecular formula is C21H18N4O2S. The predicted octanol–water partition coefficient (Wildman–Crippen LogP) is 3.36. The quantitative estimate of drug-likeness (QED) is 0.675. The molecule has 0 spiro atoms. The number of carbonyl (C=O) groups excluding carboxylic acids is 2. The number of hydrogen-bond acceptors (Lipinski definition) is 5. The van der Waals surface area contributed by atoms with Gasteiger partial charge in [-0.3, -0.25) is 9.59 Å². The van der Waals surface area contributed by atoms with E-state index in [1.165, 1.54) is 11.3 Å². The lowest BCUT2D eigenvalue weighted by molar-refractivity contribution is -0.117. The number of benzene rings is 2. The molecule has 0 bridgehead atoms. The Kier molecular flexibility index (Phi) is 6.14. The molecular weight excluding hydrogens is 372 g/mol. The molecule has 2 N–H and O–H groups in total. The number of nitrogens with one attached hydrogen (secondary N) is 2. The molecule has 0 fully saturated rings. The Morgan fingerprint density at radius 3 is 2.54 bits per heavy atom. The summed E-state index contributed by atoms with van der Waals surface area (Å²) in [5.74, 6) is -0.632. The number of thiazole rings is 1. The summed E-state index contributed by atoms with van der Waals surface area (Å²) in [6.45, 7) is 1.63. The third-order valence-electron chi connectivity index (χ3n) is 4.02. The van der Waals surface area contributed by atoms with E-state index < -0.39 is 6.04 Å². The molecule has 140 valence electrons. The zero-order valence-electron chi connectivity index (χ0n) is 15.2. The van der Waals surface area contributed by atoms with Crippen LogP contribution in [-0.4, -0.2) is 22.8 Å². The highest BCUT2D eigenvalue weighted by atomic mass is 32.1. The predicted molar refractivity (Wildman–Crippen MR) is 108 cm³/mol. The van der Waals surface area contributed by atoms with Crippen LogP contribution in [0.25, 0.3) is 0 Å². The van der Waals surface area contributed by atoms with E-state index in [1.807, 2.05) is 18.2 Å². The molecule has 1 atom stereocenters. The van der Waals surface area contributed by atoms with Gasteiger partial charge in [-0.05, 0) is 36.8 Å². The number of rotatable bonds is 6. The van der Waals surface area contributed by atoms with Gasteiger partial charge in [0.05, 0.1) is 11.6 Å². The van der Waals surface area contributed by atoms with Crippen molar-refractivity contribution in [2.45, 2.75) is 19.4 Å². The molecule has 1 aromatic heterocycles. The number of carbonyl (C=O) groups is 2. The normalized spacial score (nSPS) is 11.3. The first-order valence-corrected chi connectivity index (χ1v) is 9.47. The number of nitrogens with zero attached hydrogens (tertiary/aromatic N) is 2. The second-order valence-electron chi connectivity index (χ2n) is 6.17. The van der Waals surface area contributed by atoms with E-state index in [-0.39, 0.29) is 11.8 Å². The third kappa shape index (κ3) is 5.02. The lowest BCUT2D eigenvalue weighted by Gasteiger charge is -2.12. The zero-order chi connectivity index (χ0) is 19.9. The molecule has 0 aliphatic carbocycles. The minimum absolute atomic E-state index is 0.302. The van der Waals surface area contributed by atoms with Gasteiger partial charge in [-0.15, -0.1) is 11.3 Å². The second kappa shape index (κ2) is 8.93. The molecule has 3 rings (SSSR count). The van der Waals surface area contributed by atoms with Gasteiger partial charge >= 0.3 is 0 Å². The summed E-state index contributed by atoms with van der Waals surface area (Å²) in [5, 5.41) is 14.7. The van der Waals surface area contributed by atoms with Crippen molar-refractivity contribution in [3.05, 3.63) is 82.4 Å². The Bertz CT molecular complexity index is 1010. The van der Waals surface area contributed by atoms with Crippen molar-refractivity contribution < 1.29 is 9.59 Å². The van der Waals surface area contributed by atoms with Gasteiger partial charge in [0.25, 0.3) is 5.91 Å². The molecule has 1 unspecified atom stereocenters. The van der Waals surface area contributed by atoms with Crippen LogP contribution >= 0.6 is 11.3 Å². The highest BCUT2D eigenvalue weighted by Gasteiger charge is 2.17. The van der Waals surface area contributed by atoms with E-state index in [4.69, 9.17) is 5.26 Å². The number of nitriles is 1. The summed E-state index contributed by atoms with van der Waals surface area (Å²) in [6.07, 6.45) is 2.38. The molecule has 0 aliphatic heterocycles. The van der Waals surface area contributed by atoms with Crippen molar-refractivity contribution in [3.63, 3.8) is 0 Å². The van der Waals surface area contributed by atoms with E-state index in [1.54, 1.807) is 49.5 Å². The van der Waals surface area contributed by atoms with Crippen molar-refractivity contribution in [2.24, 2.45) is 0 Å². The van der Waals surface area contributed by atoms with Crippen molar-refractivity contribution >= 4 is 28.3 Å². The average Bonchev–Trinajstić information content (AvgIpc) is 3.15. The molecule has 3 aromatic rings. The summed E-state index contributed by atoms with van der Waals surface area (Å²) < 4.78 is 0. The number of aromatic nitrogens is 1. The fourth-order valence-corrected chi connectivity index (χ4v) is 3.34. The van der Waals surface area contributed by atoms with Gasteiger partial charge in [0.15, 0.2) is 5.13 Å². The van der Waals surface area contributed by atoms with Crippen LogP contribution in [0.15, 0.2) is 60.8 Å². The minimum atomic E-state index is -0.696. The number of hydrogen-bond donors (Lipinski definition) is 2. The highest BCUT2D eigenvalue weighted by molar-refractivity contribution is 7.15. The van der Waals surface area contributed by atoms with Crippen LogP contribution < -0.4 is 10.6 Å². The summed E-state index contributed by atoms with van der Waals surface area (Å²) in [4.78, 5) is 29.7. The average molecular weight is 390 g/mol. The van der Waals surface area contributed by atoms with Gasteiger partial charge in [-0.25, -0.2) is 4.98 Å². The summed E-state index contributed by atoms with van der Waals surface area (Å²) in [6, 6.07) is 17.5. The van der Waals surface area contributed by atoms with Crippen LogP contribution in [-0.2, 0) is 11.2 Å². The Labute approximate surface area is 166 Å². The van der Waals surface area contributed by atoms with Crippen LogP contribution in [0.2, 0.25) is 0 Å². The zero-order valence-corrected chi connectivity index (χ0v) is 16.0. The molecule has 2 aromatic carbocycles. The Hall–Kier alpha value is -3.50. The van der Waals surface area contributed by atoms with Crippen LogP contribution in [0, 0.1) is 11.3 Å². The molecule has 1 heterocycles. The molecule has 0 saturated carbocycles. The Morgan fingerprint density at radius 1 is 1.14 bits per heavy atom. The topological polar surface area (TPSA) is 94.9 Å². The minimum Gasteiger partial charge on any atom is -0.341 e. The van der Waals surface area contributed by atoms with Gasteiger partial charge in [0, 0.05) is 23.1 Å². The van der Waals surface area contributed by atoms with Crippen molar-refractivity contribution in [3.8, 4) is 6.07 Å². The van der Waals surface area contributed by atoms with Gasteiger partial charge in [0.2, 0.25) is 5.91 Å². The fraction of sp³-hybridized carbons (Fsp3) is 0.143. The standard InChI is InChI=1S/C21H18N4O2S/c1-14(24-20(27)17-5-3-2-4-6-17)19(26)25-21-23-13-18(28-21)11-15-7-9-16(12-22)10-8-15/h2-10,13-14H,11H2,1H3,(H,24,27)(H,23,25,26). The van der Waals surface area contributed by atoms with E-state index >= 15 is 0 Å². The maximum Gasteiger partial charge on any atom is 0.251 e. The molecule has 0 aliphatic rings. The molecule has 2 amide bonds. The maximum atomic E-state index is 12.3. The molecule has 28 heavy (non-hydrogen) atoms. The summed E-state index contributed by atoms with van der Waals surface area (Å²) >= 11 is 1.38. The third-order valence-corrected chi connectivity index (χ3v) is 4.93. The van der Waals surface area contributed by atoms with Crippen LogP contribution in [0.5, 0.6) is 0 Å². The van der Waals surface area contributed by atoms with Crippen LogP contribution in [0.4, 0.5) is 5.13 Å². The first-order chi connectivity index (χ1) is 13.5. The number of amides is 2. The first kappa shape index (κ1) is 19.3. The lowest BCUT2D eigenvalue weighted by Crippen LogP contribution is -2.41. The van der Waals surface area contributed by atoms with Gasteiger partial charge in [-0.1, -0.05) is 30.3 Å². The van der Waals surface area contributed by atoms with E-state index in [0.717, 1.165) is 10.4 Å². The fourth-order valence-electron chi connectivity index (χ4n) is 2.49. The van der Waals surface area contributed by atoms with Crippen molar-refractivity contribution in [1.29, 1.82) is 5.26 Å². The largest absolute Gasteiger partial charge is 0.341 e. The maximum absolute atomic E-state index is 12.3. The monoisotopic (exact) mass is 390 g/mol. The summed E-state index contributed by atoms with van der Waals surface area (Å²) in [5.41, 5.74) is 2.18. The van der Waals surface area contributed by atoms with Crippen LogP contribution in [0.1, 0.15) is 33.3 Å². The molecule has 6 nitrogen and oxygen atoms in total. The number of anilines is 1. The first-order valence-electron chi connectivity index (χ1n) is 8.65. The van der Waals surface area contributed by atoms with Gasteiger partial charge in [-0.2, -0.15) is 5.26 Å². The van der Waals surface area contributed by atoms with Gasteiger partial charge in [0.1, 0.15) is 6.04 Å².